The zero-order valence-electron chi connectivity index (χ0n) is 7.64. The van der Waals surface area contributed by atoms with Crippen molar-refractivity contribution in [2.24, 2.45) is 0 Å². The third-order valence-electron chi connectivity index (χ3n) is 1.89. The Bertz CT molecular complexity index is 391. The summed E-state index contributed by atoms with van der Waals surface area (Å²) >= 11 is 3.47. The highest BCUT2D eigenvalue weighted by Gasteiger charge is 2.28. The molecule has 1 aromatic rings. The lowest BCUT2D eigenvalue weighted by Crippen LogP contribution is -2.43. The smallest absolute Gasteiger partial charge is 0.245 e. The van der Waals surface area contributed by atoms with Crippen LogP contribution < -0.4 is 4.90 Å². The zero-order valence-corrected chi connectivity index (χ0v) is 10.6. The topological polar surface area (TPSA) is 50.3 Å². The minimum absolute atomic E-state index is 0.190. The maximum absolute atomic E-state index is 11.5. The Hall–Kier alpha value is -0.630. The molecular formula is C9H7IN2O2S. The fourth-order valence-electron chi connectivity index (χ4n) is 1.25. The molecule has 1 saturated heterocycles. The van der Waals surface area contributed by atoms with Gasteiger partial charge >= 0.3 is 0 Å². The van der Waals surface area contributed by atoms with E-state index in [9.17, 15) is 9.59 Å². The second kappa shape index (κ2) is 4.48. The summed E-state index contributed by atoms with van der Waals surface area (Å²) in [6.07, 6.45) is 1.64. The summed E-state index contributed by atoms with van der Waals surface area (Å²) in [7, 11) is 0. The van der Waals surface area contributed by atoms with Crippen molar-refractivity contribution in [1.29, 1.82) is 0 Å². The average Bonchev–Trinajstić information content (AvgIpc) is 2.20. The van der Waals surface area contributed by atoms with Gasteiger partial charge in [0.1, 0.15) is 5.82 Å². The van der Waals surface area contributed by atoms with E-state index in [1.165, 1.54) is 11.8 Å². The first-order chi connectivity index (χ1) is 7.18. The molecule has 78 valence electrons. The number of nitrogens with zero attached hydrogens (tertiary/aromatic N) is 2. The van der Waals surface area contributed by atoms with Crippen molar-refractivity contribution in [2.75, 3.05) is 16.4 Å². The SMILES string of the molecule is O=C1CSCC(=O)N1c1ccc(I)cn1. The standard InChI is InChI=1S/C9H7IN2O2S/c10-6-1-2-7(11-3-6)12-8(13)4-15-5-9(12)14/h1-3H,4-5H2. The van der Waals surface area contributed by atoms with E-state index < -0.39 is 0 Å². The maximum Gasteiger partial charge on any atom is 0.245 e. The quantitative estimate of drug-likeness (QED) is 0.574. The molecule has 0 spiro atoms. The van der Waals surface area contributed by atoms with E-state index in [4.69, 9.17) is 0 Å². The van der Waals surface area contributed by atoms with Crippen molar-refractivity contribution < 1.29 is 9.59 Å². The van der Waals surface area contributed by atoms with Gasteiger partial charge in [-0.15, -0.1) is 11.8 Å². The molecule has 0 saturated carbocycles. The number of carbonyl (C=O) groups excluding carboxylic acids is 2. The molecule has 0 bridgehead atoms. The second-order valence-electron chi connectivity index (χ2n) is 2.95. The molecule has 2 amide bonds. The van der Waals surface area contributed by atoms with E-state index >= 15 is 0 Å². The van der Waals surface area contributed by atoms with E-state index in [1.54, 1.807) is 12.3 Å². The van der Waals surface area contributed by atoms with Crippen molar-refractivity contribution >= 4 is 52.0 Å². The highest BCUT2D eigenvalue weighted by molar-refractivity contribution is 14.1. The van der Waals surface area contributed by atoms with Crippen LogP contribution in [0.1, 0.15) is 0 Å². The summed E-state index contributed by atoms with van der Waals surface area (Å²) in [6, 6.07) is 3.51. The van der Waals surface area contributed by atoms with Gasteiger partial charge in [-0.1, -0.05) is 0 Å². The van der Waals surface area contributed by atoms with Crippen LogP contribution in [0.3, 0.4) is 0 Å². The Labute approximate surface area is 105 Å². The first kappa shape index (κ1) is 10.9. The van der Waals surface area contributed by atoms with Gasteiger partial charge in [-0.25, -0.2) is 9.88 Å². The number of hydrogen-bond acceptors (Lipinski definition) is 4. The molecule has 2 rings (SSSR count). The Morgan fingerprint density at radius 2 is 1.93 bits per heavy atom. The Balaban J connectivity index is 2.31. The number of hydrogen-bond donors (Lipinski definition) is 0. The summed E-state index contributed by atoms with van der Waals surface area (Å²) in [5.41, 5.74) is 0. The number of carbonyl (C=O) groups is 2. The molecule has 0 aromatic carbocycles. The van der Waals surface area contributed by atoms with Crippen LogP contribution in [-0.4, -0.2) is 28.3 Å². The van der Waals surface area contributed by atoms with Gasteiger partial charge in [-0.05, 0) is 34.7 Å². The van der Waals surface area contributed by atoms with Gasteiger partial charge in [0.2, 0.25) is 11.8 Å². The molecule has 0 unspecified atom stereocenters. The van der Waals surface area contributed by atoms with Crippen LogP contribution in [0.5, 0.6) is 0 Å². The highest BCUT2D eigenvalue weighted by atomic mass is 127. The lowest BCUT2D eigenvalue weighted by Gasteiger charge is -2.23. The van der Waals surface area contributed by atoms with Crippen molar-refractivity contribution in [3.05, 3.63) is 21.9 Å². The van der Waals surface area contributed by atoms with Crippen LogP contribution in [0.2, 0.25) is 0 Å². The summed E-state index contributed by atoms with van der Waals surface area (Å²) in [5, 5.41) is 0. The minimum Gasteiger partial charge on any atom is -0.273 e. The second-order valence-corrected chi connectivity index (χ2v) is 5.18. The predicted octanol–water partition coefficient (Wildman–Crippen LogP) is 1.29. The number of imide groups is 1. The first-order valence-corrected chi connectivity index (χ1v) is 6.47. The van der Waals surface area contributed by atoms with E-state index in [-0.39, 0.29) is 11.8 Å². The number of amides is 2. The van der Waals surface area contributed by atoms with E-state index in [1.807, 2.05) is 6.07 Å². The maximum atomic E-state index is 11.5. The van der Waals surface area contributed by atoms with Crippen molar-refractivity contribution in [1.82, 2.24) is 4.98 Å². The van der Waals surface area contributed by atoms with Gasteiger partial charge in [0.05, 0.1) is 11.5 Å². The summed E-state index contributed by atoms with van der Waals surface area (Å²) in [6.45, 7) is 0. The van der Waals surface area contributed by atoms with E-state index in [0.29, 0.717) is 17.3 Å². The molecule has 1 aromatic heterocycles. The number of halogens is 1. The summed E-state index contributed by atoms with van der Waals surface area (Å²) in [5.74, 6) is 0.736. The fourth-order valence-corrected chi connectivity index (χ4v) is 2.28. The van der Waals surface area contributed by atoms with Crippen molar-refractivity contribution in [3.8, 4) is 0 Å². The number of aromatic nitrogens is 1. The number of anilines is 1. The van der Waals surface area contributed by atoms with E-state index in [0.717, 1.165) is 8.47 Å². The summed E-state index contributed by atoms with van der Waals surface area (Å²) < 4.78 is 0.975. The van der Waals surface area contributed by atoms with Gasteiger partial charge in [-0.3, -0.25) is 9.59 Å². The molecule has 0 N–H and O–H groups in total. The Kier molecular flexibility index (Phi) is 3.25. The first-order valence-electron chi connectivity index (χ1n) is 4.23. The molecule has 0 radical (unpaired) electrons. The molecule has 2 heterocycles. The van der Waals surface area contributed by atoms with E-state index in [2.05, 4.69) is 27.6 Å². The van der Waals surface area contributed by atoms with Crippen LogP contribution in [0.4, 0.5) is 5.82 Å². The highest BCUT2D eigenvalue weighted by Crippen LogP contribution is 2.19. The fraction of sp³-hybridized carbons (Fsp3) is 0.222. The molecule has 1 fully saturated rings. The minimum atomic E-state index is -0.190. The van der Waals surface area contributed by atoms with Crippen LogP contribution in [0, 0.1) is 3.57 Å². The van der Waals surface area contributed by atoms with Crippen LogP contribution in [0.25, 0.3) is 0 Å². The lowest BCUT2D eigenvalue weighted by atomic mass is 10.4. The zero-order chi connectivity index (χ0) is 10.8. The van der Waals surface area contributed by atoms with Crippen molar-refractivity contribution in [3.63, 3.8) is 0 Å². The molecule has 1 aliphatic rings. The predicted molar refractivity (Wildman–Crippen MR) is 66.8 cm³/mol. The summed E-state index contributed by atoms with van der Waals surface area (Å²) in [4.78, 5) is 28.3. The van der Waals surface area contributed by atoms with Gasteiger partial charge in [0.15, 0.2) is 0 Å². The lowest BCUT2D eigenvalue weighted by molar-refractivity contribution is -0.124. The average molecular weight is 334 g/mol. The third-order valence-corrected chi connectivity index (χ3v) is 3.43. The monoisotopic (exact) mass is 334 g/mol. The Morgan fingerprint density at radius 3 is 2.47 bits per heavy atom. The number of thioether (sulfide) groups is 1. The molecule has 0 aliphatic carbocycles. The van der Waals surface area contributed by atoms with Crippen LogP contribution >= 0.6 is 34.4 Å². The van der Waals surface area contributed by atoms with Crippen molar-refractivity contribution in [2.45, 2.75) is 0 Å². The van der Waals surface area contributed by atoms with Crippen LogP contribution in [-0.2, 0) is 9.59 Å². The van der Waals surface area contributed by atoms with Gasteiger partial charge < -0.3 is 0 Å². The van der Waals surface area contributed by atoms with Gasteiger partial charge in [0.25, 0.3) is 0 Å². The Morgan fingerprint density at radius 1 is 1.27 bits per heavy atom. The molecule has 1 aliphatic heterocycles. The van der Waals surface area contributed by atoms with Gasteiger partial charge in [0, 0.05) is 9.77 Å². The van der Waals surface area contributed by atoms with Crippen LogP contribution in [0.15, 0.2) is 18.3 Å². The number of rotatable bonds is 1. The largest absolute Gasteiger partial charge is 0.273 e. The molecule has 6 heteroatoms. The normalized spacial score (nSPS) is 17.0. The third kappa shape index (κ3) is 2.31. The molecular weight excluding hydrogens is 327 g/mol. The molecule has 4 nitrogen and oxygen atoms in total. The number of pyridine rings is 1. The molecule has 0 atom stereocenters. The van der Waals surface area contributed by atoms with Gasteiger partial charge in [-0.2, -0.15) is 0 Å². The molecule has 15 heavy (non-hydrogen) atoms.